The van der Waals surface area contributed by atoms with Crippen LogP contribution in [0.2, 0.25) is 0 Å². The van der Waals surface area contributed by atoms with E-state index in [1.54, 1.807) is 6.07 Å². The molecule has 17 heavy (non-hydrogen) atoms. The number of nitrogens with two attached hydrogens (primary N) is 1. The number of nitrogens with zero attached hydrogens (tertiary/aromatic N) is 2. The van der Waals surface area contributed by atoms with Crippen LogP contribution in [0.4, 0.5) is 4.39 Å². The third-order valence-corrected chi connectivity index (χ3v) is 3.51. The predicted molar refractivity (Wildman–Crippen MR) is 67.4 cm³/mol. The van der Waals surface area contributed by atoms with Crippen LogP contribution in [0.5, 0.6) is 0 Å². The molecule has 5 heteroatoms. The van der Waals surface area contributed by atoms with Gasteiger partial charge in [-0.05, 0) is 37.6 Å². The molecule has 3 nitrogen and oxygen atoms in total. The summed E-state index contributed by atoms with van der Waals surface area (Å²) in [5, 5.41) is 9.92. The van der Waals surface area contributed by atoms with Crippen molar-refractivity contribution >= 4 is 11.3 Å². The van der Waals surface area contributed by atoms with Gasteiger partial charge >= 0.3 is 0 Å². The first-order chi connectivity index (χ1) is 8.20. The summed E-state index contributed by atoms with van der Waals surface area (Å²) in [5.74, 6) is -0.246. The minimum atomic E-state index is -0.246. The Morgan fingerprint density at radius 1 is 1.35 bits per heavy atom. The van der Waals surface area contributed by atoms with Crippen molar-refractivity contribution in [2.75, 3.05) is 6.54 Å². The second-order valence-corrected chi connectivity index (χ2v) is 4.91. The van der Waals surface area contributed by atoms with E-state index in [4.69, 9.17) is 5.73 Å². The molecule has 90 valence electrons. The van der Waals surface area contributed by atoms with Crippen molar-refractivity contribution in [3.8, 4) is 10.6 Å². The molecule has 1 heterocycles. The van der Waals surface area contributed by atoms with Crippen LogP contribution in [-0.4, -0.2) is 16.7 Å². The monoisotopic (exact) mass is 251 g/mol. The third-order valence-electron chi connectivity index (χ3n) is 2.49. The van der Waals surface area contributed by atoms with Gasteiger partial charge in [-0.3, -0.25) is 0 Å². The van der Waals surface area contributed by atoms with Crippen LogP contribution in [0.3, 0.4) is 0 Å². The molecule has 2 N–H and O–H groups in total. The highest BCUT2D eigenvalue weighted by Crippen LogP contribution is 2.27. The van der Waals surface area contributed by atoms with Crippen LogP contribution in [0, 0.1) is 12.7 Å². The molecule has 0 fully saturated rings. The highest BCUT2D eigenvalue weighted by Gasteiger charge is 2.09. The Balaban J connectivity index is 2.27. The number of hydrogen-bond acceptors (Lipinski definition) is 4. The van der Waals surface area contributed by atoms with Gasteiger partial charge in [0.1, 0.15) is 15.8 Å². The van der Waals surface area contributed by atoms with E-state index >= 15 is 0 Å². The first kappa shape index (κ1) is 12.1. The summed E-state index contributed by atoms with van der Waals surface area (Å²) in [7, 11) is 0. The van der Waals surface area contributed by atoms with Crippen molar-refractivity contribution in [3.63, 3.8) is 0 Å². The average Bonchev–Trinajstić information content (AvgIpc) is 2.78. The van der Waals surface area contributed by atoms with E-state index < -0.39 is 0 Å². The largest absolute Gasteiger partial charge is 0.330 e. The first-order valence-corrected chi connectivity index (χ1v) is 6.31. The Morgan fingerprint density at radius 3 is 2.94 bits per heavy atom. The maximum Gasteiger partial charge on any atom is 0.148 e. The van der Waals surface area contributed by atoms with E-state index in [-0.39, 0.29) is 5.82 Å². The van der Waals surface area contributed by atoms with Crippen LogP contribution in [0.1, 0.15) is 17.0 Å². The Morgan fingerprint density at radius 2 is 2.18 bits per heavy atom. The van der Waals surface area contributed by atoms with Crippen molar-refractivity contribution in [2.45, 2.75) is 19.8 Å². The second-order valence-electron chi connectivity index (χ2n) is 3.85. The zero-order chi connectivity index (χ0) is 12.3. The van der Waals surface area contributed by atoms with Gasteiger partial charge in [-0.2, -0.15) is 0 Å². The Hall–Kier alpha value is -1.33. The molecule has 0 aliphatic heterocycles. The van der Waals surface area contributed by atoms with Gasteiger partial charge in [-0.25, -0.2) is 4.39 Å². The van der Waals surface area contributed by atoms with Gasteiger partial charge < -0.3 is 5.73 Å². The summed E-state index contributed by atoms with van der Waals surface area (Å²) < 4.78 is 13.2. The van der Waals surface area contributed by atoms with Gasteiger partial charge in [0.2, 0.25) is 0 Å². The van der Waals surface area contributed by atoms with Gasteiger partial charge in [-0.1, -0.05) is 17.4 Å². The van der Waals surface area contributed by atoms with Crippen LogP contribution < -0.4 is 5.73 Å². The number of aromatic nitrogens is 2. The lowest BCUT2D eigenvalue weighted by atomic mass is 10.1. The molecule has 0 aliphatic carbocycles. The molecule has 1 aromatic carbocycles. The summed E-state index contributed by atoms with van der Waals surface area (Å²) in [5.41, 5.74) is 7.27. The molecule has 2 aromatic rings. The lowest BCUT2D eigenvalue weighted by molar-refractivity contribution is 0.628. The van der Waals surface area contributed by atoms with Crippen LogP contribution in [0.25, 0.3) is 10.6 Å². The number of rotatable bonds is 4. The van der Waals surface area contributed by atoms with Gasteiger partial charge in [0, 0.05) is 12.0 Å². The van der Waals surface area contributed by atoms with Gasteiger partial charge in [0.05, 0.1) is 0 Å². The smallest absolute Gasteiger partial charge is 0.148 e. The molecule has 0 radical (unpaired) electrons. The zero-order valence-corrected chi connectivity index (χ0v) is 10.4. The maximum atomic E-state index is 13.2. The summed E-state index contributed by atoms with van der Waals surface area (Å²) in [6, 6.07) is 4.71. The number of halogens is 1. The van der Waals surface area contributed by atoms with Crippen molar-refractivity contribution in [1.82, 2.24) is 10.2 Å². The summed E-state index contributed by atoms with van der Waals surface area (Å²) in [4.78, 5) is 0. The minimum absolute atomic E-state index is 0.246. The Kier molecular flexibility index (Phi) is 3.81. The number of benzene rings is 1. The van der Waals surface area contributed by atoms with Crippen molar-refractivity contribution in [1.29, 1.82) is 0 Å². The highest BCUT2D eigenvalue weighted by molar-refractivity contribution is 7.14. The molecule has 1 aromatic heterocycles. The molecular formula is C12H14FN3S. The summed E-state index contributed by atoms with van der Waals surface area (Å²) >= 11 is 1.50. The molecular weight excluding hydrogens is 237 g/mol. The molecule has 0 saturated carbocycles. The lowest BCUT2D eigenvalue weighted by Gasteiger charge is -2.00. The molecule has 0 atom stereocenters. The Bertz CT molecular complexity index is 510. The minimum Gasteiger partial charge on any atom is -0.330 e. The topological polar surface area (TPSA) is 51.8 Å². The van der Waals surface area contributed by atoms with Crippen LogP contribution >= 0.6 is 11.3 Å². The second kappa shape index (κ2) is 5.33. The molecule has 0 bridgehead atoms. The average molecular weight is 251 g/mol. The molecule has 0 unspecified atom stereocenters. The quantitative estimate of drug-likeness (QED) is 0.908. The van der Waals surface area contributed by atoms with E-state index in [1.165, 1.54) is 23.5 Å². The highest BCUT2D eigenvalue weighted by atomic mass is 32.1. The van der Waals surface area contributed by atoms with Crippen LogP contribution in [-0.2, 0) is 6.42 Å². The molecule has 0 saturated heterocycles. The summed E-state index contributed by atoms with van der Waals surface area (Å²) in [6.45, 7) is 2.59. The van der Waals surface area contributed by atoms with E-state index in [0.29, 0.717) is 6.54 Å². The predicted octanol–water partition coefficient (Wildman–Crippen LogP) is 2.54. The van der Waals surface area contributed by atoms with E-state index in [9.17, 15) is 4.39 Å². The molecule has 2 rings (SSSR count). The first-order valence-electron chi connectivity index (χ1n) is 5.49. The van der Waals surface area contributed by atoms with Gasteiger partial charge in [-0.15, -0.1) is 10.2 Å². The fourth-order valence-corrected chi connectivity index (χ4v) is 2.50. The SMILES string of the molecule is Cc1ccc(F)cc1-c1nnc(CCCN)s1. The maximum absolute atomic E-state index is 13.2. The zero-order valence-electron chi connectivity index (χ0n) is 9.61. The van der Waals surface area contributed by atoms with Crippen molar-refractivity contribution in [3.05, 3.63) is 34.6 Å². The van der Waals surface area contributed by atoms with Gasteiger partial charge in [0.15, 0.2) is 0 Å². The van der Waals surface area contributed by atoms with Gasteiger partial charge in [0.25, 0.3) is 0 Å². The number of hydrogen-bond donors (Lipinski definition) is 1. The van der Waals surface area contributed by atoms with E-state index in [1.807, 2.05) is 6.92 Å². The molecule has 0 amide bonds. The fraction of sp³-hybridized carbons (Fsp3) is 0.333. The standard InChI is InChI=1S/C12H14FN3S/c1-8-4-5-9(13)7-10(8)12-16-15-11(17-12)3-2-6-14/h4-5,7H,2-3,6,14H2,1H3. The van der Waals surface area contributed by atoms with Crippen molar-refractivity contribution < 1.29 is 4.39 Å². The Labute approximate surface area is 104 Å². The van der Waals surface area contributed by atoms with E-state index in [0.717, 1.165) is 34.0 Å². The third kappa shape index (κ3) is 2.87. The number of aryl methyl sites for hydroxylation is 2. The lowest BCUT2D eigenvalue weighted by Crippen LogP contribution is -1.99. The fourth-order valence-electron chi connectivity index (χ4n) is 1.54. The van der Waals surface area contributed by atoms with E-state index in [2.05, 4.69) is 10.2 Å². The molecule has 0 spiro atoms. The normalized spacial score (nSPS) is 10.8. The van der Waals surface area contributed by atoms with Crippen molar-refractivity contribution in [2.24, 2.45) is 5.73 Å². The molecule has 0 aliphatic rings. The van der Waals surface area contributed by atoms with Crippen LogP contribution in [0.15, 0.2) is 18.2 Å². The summed E-state index contributed by atoms with van der Waals surface area (Å²) in [6.07, 6.45) is 1.74.